The molecule has 0 unspecified atom stereocenters. The van der Waals surface area contributed by atoms with Gasteiger partial charge in [-0.1, -0.05) is 0 Å². The smallest absolute Gasteiger partial charge is 0 e. The number of hydrogen-bond donors (Lipinski definition) is 0. The molecule has 100 valence electrons. The Morgan fingerprint density at radius 2 is 0.0200 bits per heavy atom. The monoisotopic (exact) mass is 13400 g/mol. The molecule has 0 aromatic heterocycles. The first-order valence-electron chi connectivity index (χ1n) is 0. The Labute approximate surface area is 0 Å². The van der Waals surface area contributed by atoms with E-state index in [1.54, 1.807) is 0 Å². The molecule has 0 rings (SSSR count). The van der Waals surface area contributed by atoms with Crippen LogP contribution in [0.15, 0.2) is 0 Å². The predicted octanol–water partition coefficient (Wildman–Crippen LogP) is 0. The van der Waals surface area contributed by atoms with E-state index in [0.29, 0.717) is 0 Å². The van der Waals surface area contributed by atoms with Crippen LogP contribution in [0.1, 0.15) is 0 Å². The molecule has 0 saturated carbocycles. The summed E-state index contributed by atoms with van der Waals surface area (Å²) in [4.78, 5) is 0. The molecule has 0 radical (unpaired) electrons. The van der Waals surface area contributed by atoms with E-state index < -0.39 is 0 Å². The maximum atomic E-state index is 0. The van der Waals surface area contributed by atoms with Crippen LogP contribution in [-0.2, 0) is 0 Å². The normalized spacial score (nSPS) is 0. The van der Waals surface area contributed by atoms with Gasteiger partial charge in [0.2, 0.25) is 0 Å². The fourth-order valence-electron chi connectivity index (χ4n) is 0. The molecule has 0 aliphatic heterocycles. The van der Waals surface area contributed by atoms with Crippen molar-refractivity contribution in [2.24, 2.45) is 0 Å². The van der Waals surface area contributed by atoms with E-state index >= 15 is 0 Å². The van der Waals surface area contributed by atoms with Gasteiger partial charge >= 0.3 is 0 Å². The Hall–Kier alpha value is -50.0. The Bertz CT molecular complexity index is 0. The van der Waals surface area contributed by atoms with Gasteiger partial charge in [0.05, 0.1) is 0 Å². The molecule has 50 heteroatoms. The Kier molecular flexibility index (Phi) is 0. The molecule has 0 saturated heterocycles. The molecule has 0 nitrogen and oxygen atoms in total. The average Bonchev–Trinajstić information content (AvgIpc) is 0. The topological polar surface area (TPSA) is 0 Å². The first kappa shape index (κ1) is 0. The van der Waals surface area contributed by atoms with Crippen molar-refractivity contribution in [3.8, 4) is 0 Å². The van der Waals surface area contributed by atoms with Crippen molar-refractivity contribution in [1.29, 1.82) is 0 Å². The van der Waals surface area contributed by atoms with Crippen molar-refractivity contribution in [3.05, 3.63) is 0 Å². The molecule has 0 fully saturated rings. The van der Waals surface area contributed by atoms with Gasteiger partial charge in [0, 0.05) is 0 Å². The zero-order valence-corrected chi connectivity index (χ0v) is 355. The van der Waals surface area contributed by atoms with Crippen LogP contribution in [-0.4, -0.2) is 0 Å². The molecule has 0 bridgehead atoms. The summed E-state index contributed by atoms with van der Waals surface area (Å²) in [7, 11) is 0. The zero-order chi connectivity index (χ0) is 0. The molecule has 0 aromatic carbocycles. The summed E-state index contributed by atoms with van der Waals surface area (Å²) in [6.07, 6.45) is 0. The van der Waals surface area contributed by atoms with E-state index in [-0.39, 0.29) is 0 Å². The minimum Gasteiger partial charge on any atom is 0 e. The Morgan fingerprint density at radius 1 is 0.0200 bits per heavy atom. The molecule has 0 atom stereocenters. The summed E-state index contributed by atoms with van der Waals surface area (Å²) >= 11 is 0. The molecule has 0 amide bonds. The summed E-state index contributed by atoms with van der Waals surface area (Å²) in [6.45, 7) is 0. The second-order valence-electron chi connectivity index (χ2n) is 0. The van der Waals surface area contributed by atoms with Crippen molar-refractivity contribution in [2.45, 2.75) is 0 Å². The summed E-state index contributed by atoms with van der Waals surface area (Å²) in [5.74, 6) is 0. The SMILES string of the molecule is [Rf].[Rf].[Rf].[Rf].[Rf].[Rf].[Rf].[Rf].[Rf].[Rf].[Rf].[Rf].[Rf].[Rf].[Rf].[Rf].[Rf].[Rf].[Rf].[Rf].[Rf].[Rf].[Rf].[Rf].[Rf].[Rf].[Rf].[Rf].[Rf].[Rf].[Rf].[Rf].[Rf].[Rf].[Rf].[Rf].[Rf].[Rf].[Rf].[Rf].[Rf].[Rf].[Rf].[Rf].[Rf].[Rf].[Rf].[Rf].[Rf].[Rf]. The summed E-state index contributed by atoms with van der Waals surface area (Å²) in [5, 5.41) is 0. The molecule has 0 aliphatic rings. The number of rotatable bonds is 0. The maximum Gasteiger partial charge on any atom is 0 e. The van der Waals surface area contributed by atoms with E-state index in [1.165, 1.54) is 0 Å². The summed E-state index contributed by atoms with van der Waals surface area (Å²) in [5.41, 5.74) is 0. The van der Waals surface area contributed by atoms with Crippen LogP contribution in [0.4, 0.5) is 0 Å². The second kappa shape index (κ2) is -0.00160. The third kappa shape index (κ3) is -0.00720. The predicted molar refractivity (Wildman–Crippen MR) is 0 cm³/mol. The van der Waals surface area contributed by atoms with Gasteiger partial charge in [-0.05, 0) is 0 Å². The van der Waals surface area contributed by atoms with Gasteiger partial charge in [0.25, 0.3) is 0 Å². The van der Waals surface area contributed by atoms with Gasteiger partial charge in [-0.2, -0.15) is 0 Å². The van der Waals surface area contributed by atoms with Crippen LogP contribution < -0.4 is 0 Å². The van der Waals surface area contributed by atoms with Crippen LogP contribution in [0, 0.1) is 0 Å². The fraction of sp³-hybridized carbons (Fsp3) is 0. The zero-order valence-electron chi connectivity index (χ0n) is 35.4. The van der Waals surface area contributed by atoms with Crippen molar-refractivity contribution < 1.29 is 0 Å². The van der Waals surface area contributed by atoms with Crippen LogP contribution in [0.5, 0.6) is 0 Å². The molecular formula is Rf50. The van der Waals surface area contributed by atoms with Gasteiger partial charge in [0.15, 0.2) is 0 Å². The maximum absolute atomic E-state index is 0. The van der Waals surface area contributed by atoms with Crippen LogP contribution in [0.3, 0.4) is 0 Å². The van der Waals surface area contributed by atoms with Crippen molar-refractivity contribution in [1.82, 2.24) is 0 Å². The minimum atomic E-state index is 0. The molecule has 50 heavy (non-hydrogen) atoms. The third-order valence-corrected chi connectivity index (χ3v) is 0. The first-order chi connectivity index (χ1) is 0. The summed E-state index contributed by atoms with van der Waals surface area (Å²) < 4.78 is 0. The van der Waals surface area contributed by atoms with E-state index in [4.69, 9.17) is 0 Å². The molecular weight excluding hydrogens is 13400 g/mol. The summed E-state index contributed by atoms with van der Waals surface area (Å²) in [6, 6.07) is 0. The Morgan fingerprint density at radius 3 is 0.0200 bits per heavy atom. The van der Waals surface area contributed by atoms with Gasteiger partial charge in [-0.25, -0.2) is 0 Å². The fourth-order valence-corrected chi connectivity index (χ4v) is 0. The van der Waals surface area contributed by atoms with Gasteiger partial charge < -0.3 is 0 Å². The molecule has 0 aliphatic carbocycles. The van der Waals surface area contributed by atoms with Gasteiger partial charge in [-0.15, -0.1) is 0 Å². The van der Waals surface area contributed by atoms with Crippen LogP contribution >= 0.6 is 0 Å². The standard InChI is InChI=1S/50Rf. The second-order valence-corrected chi connectivity index (χ2v) is 0. The van der Waals surface area contributed by atoms with Crippen molar-refractivity contribution >= 4 is 0 Å². The van der Waals surface area contributed by atoms with Crippen LogP contribution in [0.2, 0.25) is 0 Å². The van der Waals surface area contributed by atoms with E-state index in [2.05, 4.69) is 0 Å². The molecule has 0 spiro atoms. The van der Waals surface area contributed by atoms with Crippen molar-refractivity contribution in [2.75, 3.05) is 0 Å². The molecule has 0 N–H and O–H groups in total. The third-order valence-electron chi connectivity index (χ3n) is 0. The van der Waals surface area contributed by atoms with E-state index in [1.807, 2.05) is 0 Å². The van der Waals surface area contributed by atoms with E-state index in [0.717, 1.165) is 0 Å². The Balaban J connectivity index is 0. The molecule has 0 aromatic rings. The number of hydrogen-bond acceptors (Lipinski definition) is 0. The largest absolute Gasteiger partial charge is 0 e. The van der Waals surface area contributed by atoms with E-state index in [9.17, 15) is 0 Å². The van der Waals surface area contributed by atoms with Gasteiger partial charge in [0.1, 0.15) is 0 Å². The average molecular weight is 13400 g/mol. The van der Waals surface area contributed by atoms with Crippen LogP contribution in [0.25, 0.3) is 0 Å². The first-order valence-corrected chi connectivity index (χ1v) is 0. The molecule has 0 heterocycles. The van der Waals surface area contributed by atoms with Gasteiger partial charge in [-0.3, -0.25) is 0 Å². The van der Waals surface area contributed by atoms with Crippen molar-refractivity contribution in [3.63, 3.8) is 0 Å². The minimum absolute atomic E-state index is 0. The quantitative estimate of drug-likeness (QED) is 0.321.